The van der Waals surface area contributed by atoms with Crippen molar-refractivity contribution in [2.24, 2.45) is 5.73 Å². The molecule has 8 nitrogen and oxygen atoms in total. The van der Waals surface area contributed by atoms with Crippen LogP contribution in [0.5, 0.6) is 0 Å². The van der Waals surface area contributed by atoms with Gasteiger partial charge in [0, 0.05) is 6.42 Å². The lowest BCUT2D eigenvalue weighted by molar-refractivity contribution is -0.139. The third-order valence-corrected chi connectivity index (χ3v) is 2.72. The van der Waals surface area contributed by atoms with Crippen molar-refractivity contribution in [1.29, 1.82) is 5.26 Å². The van der Waals surface area contributed by atoms with Crippen LogP contribution in [0.1, 0.15) is 34.6 Å². The maximum atomic E-state index is 11.9. The summed E-state index contributed by atoms with van der Waals surface area (Å²) in [6, 6.07) is 3.43. The van der Waals surface area contributed by atoms with E-state index in [0.29, 0.717) is 11.3 Å². The second-order valence-electron chi connectivity index (χ2n) is 4.31. The number of nitrogens with one attached hydrogen (secondary N) is 1. The van der Waals surface area contributed by atoms with Crippen LogP contribution in [0, 0.1) is 18.3 Å². The van der Waals surface area contributed by atoms with Crippen LogP contribution in [0.15, 0.2) is 12.1 Å². The van der Waals surface area contributed by atoms with Gasteiger partial charge >= 0.3 is 5.97 Å². The van der Waals surface area contributed by atoms with Crippen molar-refractivity contribution in [1.82, 2.24) is 10.3 Å². The second kappa shape index (κ2) is 7.00. The van der Waals surface area contributed by atoms with Crippen molar-refractivity contribution in [3.8, 4) is 6.07 Å². The highest BCUT2D eigenvalue weighted by molar-refractivity contribution is 5.95. The van der Waals surface area contributed by atoms with E-state index in [4.69, 9.17) is 16.1 Å². The molecule has 0 bridgehead atoms. The van der Waals surface area contributed by atoms with Gasteiger partial charge in [0.15, 0.2) is 0 Å². The minimum absolute atomic E-state index is 0.00294. The first kappa shape index (κ1) is 16.1. The van der Waals surface area contributed by atoms with Crippen molar-refractivity contribution in [2.45, 2.75) is 25.8 Å². The fourth-order valence-electron chi connectivity index (χ4n) is 1.58. The molecule has 0 aromatic carbocycles. The van der Waals surface area contributed by atoms with Crippen LogP contribution in [0.4, 0.5) is 0 Å². The van der Waals surface area contributed by atoms with E-state index in [1.165, 1.54) is 12.1 Å². The highest BCUT2D eigenvalue weighted by atomic mass is 16.4. The molecule has 0 fully saturated rings. The van der Waals surface area contributed by atoms with Crippen LogP contribution in [0.25, 0.3) is 0 Å². The number of hydrogen-bond donors (Lipinski definition) is 3. The van der Waals surface area contributed by atoms with E-state index >= 15 is 0 Å². The SMILES string of the molecule is Cc1nc(C(=O)N[C@H](CCC(N)=O)C(=O)O)ccc1C#N. The Balaban J connectivity index is 2.82. The molecule has 4 N–H and O–H groups in total. The molecule has 2 amide bonds. The Morgan fingerprint density at radius 2 is 2.14 bits per heavy atom. The van der Waals surface area contributed by atoms with Crippen LogP contribution >= 0.6 is 0 Å². The van der Waals surface area contributed by atoms with Gasteiger partial charge in [0.1, 0.15) is 17.8 Å². The molecule has 1 aromatic heterocycles. The molecule has 0 saturated carbocycles. The number of carboxylic acids is 1. The van der Waals surface area contributed by atoms with Crippen LogP contribution in [0.2, 0.25) is 0 Å². The Morgan fingerprint density at radius 1 is 1.48 bits per heavy atom. The molecule has 0 radical (unpaired) electrons. The number of nitrogens with zero attached hydrogens (tertiary/aromatic N) is 2. The van der Waals surface area contributed by atoms with E-state index in [1.807, 2.05) is 6.07 Å². The largest absolute Gasteiger partial charge is 0.480 e. The summed E-state index contributed by atoms with van der Waals surface area (Å²) >= 11 is 0. The summed E-state index contributed by atoms with van der Waals surface area (Å²) in [7, 11) is 0. The number of primary amides is 1. The molecule has 110 valence electrons. The van der Waals surface area contributed by atoms with Gasteiger partial charge < -0.3 is 16.2 Å². The fraction of sp³-hybridized carbons (Fsp3) is 0.308. The monoisotopic (exact) mass is 290 g/mol. The average molecular weight is 290 g/mol. The van der Waals surface area contributed by atoms with Gasteiger partial charge in [0.2, 0.25) is 5.91 Å². The normalized spacial score (nSPS) is 11.2. The molecule has 1 heterocycles. The first-order chi connectivity index (χ1) is 9.85. The molecule has 21 heavy (non-hydrogen) atoms. The lowest BCUT2D eigenvalue weighted by atomic mass is 10.1. The van der Waals surface area contributed by atoms with Crippen molar-refractivity contribution >= 4 is 17.8 Å². The standard InChI is InChI=1S/C13H14N4O4/c1-7-8(6-14)2-3-9(16-7)12(19)17-10(13(20)21)4-5-11(15)18/h2-3,10H,4-5H2,1H3,(H2,15,18)(H,17,19)(H,20,21)/t10-/m1/s1. The lowest BCUT2D eigenvalue weighted by Gasteiger charge is -2.13. The molecule has 0 unspecified atom stereocenters. The zero-order chi connectivity index (χ0) is 16.0. The maximum absolute atomic E-state index is 11.9. The number of nitriles is 1. The van der Waals surface area contributed by atoms with E-state index < -0.39 is 23.8 Å². The predicted octanol–water partition coefficient (Wildman–Crippen LogP) is -0.290. The molecule has 0 spiro atoms. The summed E-state index contributed by atoms with van der Waals surface area (Å²) in [5.74, 6) is -2.61. The number of hydrogen-bond acceptors (Lipinski definition) is 5. The summed E-state index contributed by atoms with van der Waals surface area (Å²) in [6.07, 6.45) is -0.261. The van der Waals surface area contributed by atoms with Crippen LogP contribution < -0.4 is 11.1 Å². The predicted molar refractivity (Wildman–Crippen MR) is 71.0 cm³/mol. The Kier molecular flexibility index (Phi) is 5.37. The van der Waals surface area contributed by atoms with Crippen LogP contribution in [-0.2, 0) is 9.59 Å². The number of amides is 2. The molecule has 0 aliphatic carbocycles. The fourth-order valence-corrected chi connectivity index (χ4v) is 1.58. The summed E-state index contributed by atoms with van der Waals surface area (Å²) in [5.41, 5.74) is 5.64. The molecule has 0 aliphatic heterocycles. The molecule has 0 saturated heterocycles. The summed E-state index contributed by atoms with van der Waals surface area (Å²) in [6.45, 7) is 1.57. The number of carboxylic acid groups (broad SMARTS) is 1. The topological polar surface area (TPSA) is 146 Å². The second-order valence-corrected chi connectivity index (χ2v) is 4.31. The first-order valence-corrected chi connectivity index (χ1v) is 6.05. The van der Waals surface area contributed by atoms with Crippen molar-refractivity contribution in [3.05, 3.63) is 29.1 Å². The molecule has 1 aromatic rings. The number of rotatable bonds is 6. The number of aliphatic carboxylic acids is 1. The van der Waals surface area contributed by atoms with Gasteiger partial charge in [-0.1, -0.05) is 0 Å². The third-order valence-electron chi connectivity index (χ3n) is 2.72. The highest BCUT2D eigenvalue weighted by Crippen LogP contribution is 2.06. The zero-order valence-corrected chi connectivity index (χ0v) is 11.3. The quantitative estimate of drug-likeness (QED) is 0.656. The Morgan fingerprint density at radius 3 is 2.62 bits per heavy atom. The number of carbonyl (C=O) groups is 3. The third kappa shape index (κ3) is 4.58. The van der Waals surface area contributed by atoms with E-state index in [9.17, 15) is 14.4 Å². The van der Waals surface area contributed by atoms with E-state index in [1.54, 1.807) is 6.92 Å². The van der Waals surface area contributed by atoms with E-state index in [0.717, 1.165) is 0 Å². The maximum Gasteiger partial charge on any atom is 0.326 e. The van der Waals surface area contributed by atoms with Gasteiger partial charge in [0.25, 0.3) is 5.91 Å². The summed E-state index contributed by atoms with van der Waals surface area (Å²) in [5, 5.41) is 20.0. The number of pyridine rings is 1. The molecule has 1 rings (SSSR count). The Bertz CT molecular complexity index is 621. The summed E-state index contributed by atoms with van der Waals surface area (Å²) < 4.78 is 0. The highest BCUT2D eigenvalue weighted by Gasteiger charge is 2.22. The number of aromatic nitrogens is 1. The molecule has 1 atom stereocenters. The van der Waals surface area contributed by atoms with Gasteiger partial charge in [0.05, 0.1) is 11.3 Å². The molecule has 8 heteroatoms. The van der Waals surface area contributed by atoms with Crippen LogP contribution in [0.3, 0.4) is 0 Å². The van der Waals surface area contributed by atoms with Gasteiger partial charge in [-0.15, -0.1) is 0 Å². The minimum Gasteiger partial charge on any atom is -0.480 e. The smallest absolute Gasteiger partial charge is 0.326 e. The Labute approximate surface area is 120 Å². The van der Waals surface area contributed by atoms with E-state index in [-0.39, 0.29) is 18.5 Å². The molecular formula is C13H14N4O4. The first-order valence-electron chi connectivity index (χ1n) is 6.05. The van der Waals surface area contributed by atoms with Crippen LogP contribution in [-0.4, -0.2) is 33.9 Å². The van der Waals surface area contributed by atoms with Gasteiger partial charge in [-0.25, -0.2) is 9.78 Å². The lowest BCUT2D eigenvalue weighted by Crippen LogP contribution is -2.41. The average Bonchev–Trinajstić information content (AvgIpc) is 2.42. The van der Waals surface area contributed by atoms with Gasteiger partial charge in [-0.3, -0.25) is 9.59 Å². The number of carbonyl (C=O) groups excluding carboxylic acids is 2. The number of nitrogens with two attached hydrogens (primary N) is 1. The van der Waals surface area contributed by atoms with Gasteiger partial charge in [-0.2, -0.15) is 5.26 Å². The van der Waals surface area contributed by atoms with Crippen molar-refractivity contribution in [3.63, 3.8) is 0 Å². The minimum atomic E-state index is -1.27. The molecular weight excluding hydrogens is 276 g/mol. The van der Waals surface area contributed by atoms with Crippen molar-refractivity contribution in [2.75, 3.05) is 0 Å². The summed E-state index contributed by atoms with van der Waals surface area (Å²) in [4.78, 5) is 37.5. The Hall–Kier alpha value is -2.95. The number of aryl methyl sites for hydroxylation is 1. The van der Waals surface area contributed by atoms with Gasteiger partial charge in [-0.05, 0) is 25.5 Å². The van der Waals surface area contributed by atoms with Crippen molar-refractivity contribution < 1.29 is 19.5 Å². The zero-order valence-electron chi connectivity index (χ0n) is 11.3. The molecule has 0 aliphatic rings. The van der Waals surface area contributed by atoms with E-state index in [2.05, 4.69) is 10.3 Å².